The van der Waals surface area contributed by atoms with Gasteiger partial charge in [0.05, 0.1) is 11.1 Å². The fraction of sp³-hybridized carbons (Fsp3) is 0.400. The maximum atomic E-state index is 11.3. The molecular formula is C15H19NO2. The summed E-state index contributed by atoms with van der Waals surface area (Å²) in [7, 11) is 0. The summed E-state index contributed by atoms with van der Waals surface area (Å²) >= 11 is 0. The van der Waals surface area contributed by atoms with Crippen molar-refractivity contribution in [3.05, 3.63) is 35.0 Å². The monoisotopic (exact) mass is 245 g/mol. The van der Waals surface area contributed by atoms with Gasteiger partial charge in [-0.3, -0.25) is 0 Å². The summed E-state index contributed by atoms with van der Waals surface area (Å²) in [4.78, 5) is 11.3. The van der Waals surface area contributed by atoms with Gasteiger partial charge in [-0.2, -0.15) is 0 Å². The predicted octanol–water partition coefficient (Wildman–Crippen LogP) is 3.62. The number of aromatic carboxylic acids is 1. The first kappa shape index (κ1) is 12.7. The zero-order chi connectivity index (χ0) is 13.3. The summed E-state index contributed by atoms with van der Waals surface area (Å²) in [5, 5.41) is 10.4. The third-order valence-corrected chi connectivity index (χ3v) is 3.52. The summed E-state index contributed by atoms with van der Waals surface area (Å²) in [5.74, 6) is -0.851. The fourth-order valence-corrected chi connectivity index (χ4v) is 2.74. The Morgan fingerprint density at radius 2 is 2.06 bits per heavy atom. The predicted molar refractivity (Wildman–Crippen MR) is 73.3 cm³/mol. The molecule has 0 saturated carbocycles. The summed E-state index contributed by atoms with van der Waals surface area (Å²) in [6.45, 7) is 7.09. The number of carboxylic acids is 1. The maximum absolute atomic E-state index is 11.3. The topological polar surface area (TPSA) is 42.2 Å². The molecule has 0 aliphatic carbocycles. The number of carboxylic acid groups (broad SMARTS) is 1. The number of rotatable bonds is 4. The fourth-order valence-electron chi connectivity index (χ4n) is 2.74. The first-order chi connectivity index (χ1) is 8.61. The summed E-state index contributed by atoms with van der Waals surface area (Å²) in [5.41, 5.74) is 3.76. The van der Waals surface area contributed by atoms with Crippen molar-refractivity contribution in [1.29, 1.82) is 0 Å². The highest BCUT2D eigenvalue weighted by atomic mass is 16.4. The number of aromatic nitrogens is 1. The van der Waals surface area contributed by atoms with Crippen molar-refractivity contribution >= 4 is 16.9 Å². The van der Waals surface area contributed by atoms with Crippen LogP contribution < -0.4 is 0 Å². The largest absolute Gasteiger partial charge is 0.478 e. The number of carbonyl (C=O) groups is 1. The van der Waals surface area contributed by atoms with Crippen molar-refractivity contribution in [3.8, 4) is 0 Å². The second kappa shape index (κ2) is 4.84. The number of para-hydroxylation sites is 1. The lowest BCUT2D eigenvalue weighted by molar-refractivity contribution is 0.0698. The van der Waals surface area contributed by atoms with E-state index in [1.165, 1.54) is 11.3 Å². The van der Waals surface area contributed by atoms with Crippen LogP contribution in [0.5, 0.6) is 0 Å². The van der Waals surface area contributed by atoms with E-state index >= 15 is 0 Å². The average Bonchev–Trinajstić information content (AvgIpc) is 2.62. The summed E-state index contributed by atoms with van der Waals surface area (Å²) < 4.78 is 2.11. The van der Waals surface area contributed by atoms with Crippen molar-refractivity contribution in [3.63, 3.8) is 0 Å². The van der Waals surface area contributed by atoms with Crippen LogP contribution in [0.1, 0.15) is 41.9 Å². The lowest BCUT2D eigenvalue weighted by Crippen LogP contribution is -2.03. The van der Waals surface area contributed by atoms with Crippen molar-refractivity contribution < 1.29 is 9.90 Å². The van der Waals surface area contributed by atoms with Gasteiger partial charge in [0, 0.05) is 17.6 Å². The molecule has 1 heterocycles. The number of nitrogens with zero attached hydrogens (tertiary/aromatic N) is 1. The van der Waals surface area contributed by atoms with Crippen molar-refractivity contribution in [2.24, 2.45) is 0 Å². The molecule has 1 N–H and O–H groups in total. The quantitative estimate of drug-likeness (QED) is 0.893. The Balaban J connectivity index is 2.86. The number of fused-ring (bicyclic) bond motifs is 1. The Labute approximate surface area is 107 Å². The lowest BCUT2D eigenvalue weighted by Gasteiger charge is -2.06. The zero-order valence-electron chi connectivity index (χ0n) is 11.2. The van der Waals surface area contributed by atoms with Crippen molar-refractivity contribution in [2.45, 2.75) is 40.2 Å². The molecule has 1 aromatic carbocycles. The van der Waals surface area contributed by atoms with Gasteiger partial charge in [-0.05, 0) is 31.9 Å². The molecule has 0 bridgehead atoms. The molecule has 3 nitrogen and oxygen atoms in total. The molecule has 0 radical (unpaired) electrons. The van der Waals surface area contributed by atoms with Crippen LogP contribution in [0.25, 0.3) is 10.9 Å². The third-order valence-electron chi connectivity index (χ3n) is 3.52. The molecule has 0 spiro atoms. The third kappa shape index (κ3) is 1.80. The molecule has 0 amide bonds. The number of aryl methyl sites for hydroxylation is 2. The molecular weight excluding hydrogens is 226 g/mol. The van der Waals surface area contributed by atoms with Gasteiger partial charge in [-0.15, -0.1) is 0 Å². The number of hydrogen-bond donors (Lipinski definition) is 1. The molecule has 0 aliphatic heterocycles. The van der Waals surface area contributed by atoms with Crippen molar-refractivity contribution in [2.75, 3.05) is 0 Å². The second-order valence-corrected chi connectivity index (χ2v) is 4.57. The lowest BCUT2D eigenvalue weighted by atomic mass is 10.0. The standard InChI is InChI=1S/C15H19NO2/c1-4-7-11-10(3)16(5-2)14-12(11)8-6-9-13(14)15(17)18/h6,8-9H,4-5,7H2,1-3H3,(H,17,18). The van der Waals surface area contributed by atoms with Crippen LogP contribution >= 0.6 is 0 Å². The minimum Gasteiger partial charge on any atom is -0.478 e. The van der Waals surface area contributed by atoms with E-state index in [2.05, 4.69) is 25.3 Å². The molecule has 0 saturated heterocycles. The van der Waals surface area contributed by atoms with Crippen molar-refractivity contribution in [1.82, 2.24) is 4.57 Å². The van der Waals surface area contributed by atoms with Gasteiger partial charge in [-0.25, -0.2) is 4.79 Å². The molecule has 1 aromatic heterocycles. The van der Waals surface area contributed by atoms with E-state index in [1.54, 1.807) is 6.07 Å². The molecule has 0 aliphatic rings. The molecule has 2 aromatic rings. The Bertz CT molecular complexity index is 596. The molecule has 2 rings (SSSR count). The SMILES string of the molecule is CCCc1c(C)n(CC)c2c(C(=O)O)cccc12. The van der Waals surface area contributed by atoms with Crippen LogP contribution in [0.15, 0.2) is 18.2 Å². The molecule has 0 atom stereocenters. The van der Waals surface area contributed by atoms with Gasteiger partial charge in [0.1, 0.15) is 0 Å². The molecule has 0 unspecified atom stereocenters. The van der Waals surface area contributed by atoms with Crippen LogP contribution in [-0.2, 0) is 13.0 Å². The van der Waals surface area contributed by atoms with E-state index in [1.807, 2.05) is 12.1 Å². The van der Waals surface area contributed by atoms with Crippen LogP contribution in [0.3, 0.4) is 0 Å². The van der Waals surface area contributed by atoms with Gasteiger partial charge in [0.2, 0.25) is 0 Å². The second-order valence-electron chi connectivity index (χ2n) is 4.57. The highest BCUT2D eigenvalue weighted by Gasteiger charge is 2.18. The normalized spacial score (nSPS) is 11.1. The van der Waals surface area contributed by atoms with E-state index in [4.69, 9.17) is 0 Å². The Morgan fingerprint density at radius 1 is 1.33 bits per heavy atom. The van der Waals surface area contributed by atoms with E-state index in [-0.39, 0.29) is 0 Å². The average molecular weight is 245 g/mol. The highest BCUT2D eigenvalue weighted by molar-refractivity contribution is 6.03. The molecule has 96 valence electrons. The highest BCUT2D eigenvalue weighted by Crippen LogP contribution is 2.29. The summed E-state index contributed by atoms with van der Waals surface area (Å²) in [6, 6.07) is 5.56. The first-order valence-corrected chi connectivity index (χ1v) is 6.45. The van der Waals surface area contributed by atoms with Gasteiger partial charge in [0.15, 0.2) is 0 Å². The number of hydrogen-bond acceptors (Lipinski definition) is 1. The number of benzene rings is 1. The molecule has 18 heavy (non-hydrogen) atoms. The molecule has 3 heteroatoms. The van der Waals surface area contributed by atoms with Gasteiger partial charge in [0.25, 0.3) is 0 Å². The maximum Gasteiger partial charge on any atom is 0.337 e. The van der Waals surface area contributed by atoms with E-state index < -0.39 is 5.97 Å². The minimum absolute atomic E-state index is 0.403. The van der Waals surface area contributed by atoms with Crippen LogP contribution in [0.2, 0.25) is 0 Å². The summed E-state index contributed by atoms with van der Waals surface area (Å²) in [6.07, 6.45) is 2.07. The molecule has 0 fully saturated rings. The first-order valence-electron chi connectivity index (χ1n) is 6.45. The zero-order valence-corrected chi connectivity index (χ0v) is 11.2. The van der Waals surface area contributed by atoms with Gasteiger partial charge < -0.3 is 9.67 Å². The van der Waals surface area contributed by atoms with E-state index in [0.717, 1.165) is 30.3 Å². The van der Waals surface area contributed by atoms with Gasteiger partial charge in [-0.1, -0.05) is 25.5 Å². The Kier molecular flexibility index (Phi) is 3.41. The van der Waals surface area contributed by atoms with Crippen LogP contribution in [0, 0.1) is 6.92 Å². The van der Waals surface area contributed by atoms with E-state index in [9.17, 15) is 9.90 Å². The Hall–Kier alpha value is -1.77. The van der Waals surface area contributed by atoms with Gasteiger partial charge >= 0.3 is 5.97 Å². The van der Waals surface area contributed by atoms with E-state index in [0.29, 0.717) is 5.56 Å². The minimum atomic E-state index is -0.851. The Morgan fingerprint density at radius 3 is 2.61 bits per heavy atom. The smallest absolute Gasteiger partial charge is 0.337 e. The van der Waals surface area contributed by atoms with Crippen LogP contribution in [0.4, 0.5) is 0 Å². The van der Waals surface area contributed by atoms with Crippen LogP contribution in [-0.4, -0.2) is 15.6 Å².